The lowest BCUT2D eigenvalue weighted by atomic mass is 10.0. The molecule has 8 nitrogen and oxygen atoms in total. The molecule has 0 spiro atoms. The van der Waals surface area contributed by atoms with E-state index >= 15 is 0 Å². The molecule has 1 N–H and O–H groups in total. The van der Waals surface area contributed by atoms with Crippen LogP contribution in [0, 0.1) is 6.92 Å². The van der Waals surface area contributed by atoms with Gasteiger partial charge in [-0.3, -0.25) is 9.10 Å². The van der Waals surface area contributed by atoms with Crippen LogP contribution in [0.4, 0.5) is 5.69 Å². The lowest BCUT2D eigenvalue weighted by molar-refractivity contribution is -0.119. The van der Waals surface area contributed by atoms with Crippen LogP contribution in [-0.2, 0) is 14.8 Å². The van der Waals surface area contributed by atoms with Gasteiger partial charge in [0.1, 0.15) is 6.54 Å². The van der Waals surface area contributed by atoms with Crippen molar-refractivity contribution in [3.8, 4) is 5.69 Å². The Morgan fingerprint density at radius 2 is 1.82 bits per heavy atom. The van der Waals surface area contributed by atoms with Crippen molar-refractivity contribution < 1.29 is 13.2 Å². The van der Waals surface area contributed by atoms with E-state index in [4.69, 9.17) is 11.6 Å². The fourth-order valence-corrected chi connectivity index (χ4v) is 4.32. The van der Waals surface area contributed by atoms with Crippen molar-refractivity contribution in [3.05, 3.63) is 76.6 Å². The van der Waals surface area contributed by atoms with E-state index < -0.39 is 22.5 Å². The molecule has 0 radical (unpaired) electrons. The van der Waals surface area contributed by atoms with Gasteiger partial charge in [0.25, 0.3) is 5.91 Å². The highest BCUT2D eigenvalue weighted by atomic mass is 35.5. The van der Waals surface area contributed by atoms with Crippen molar-refractivity contribution in [2.45, 2.75) is 26.7 Å². The summed E-state index contributed by atoms with van der Waals surface area (Å²) in [6, 6.07) is 16.6. The van der Waals surface area contributed by atoms with Gasteiger partial charge in [0.2, 0.25) is 10.0 Å². The summed E-state index contributed by atoms with van der Waals surface area (Å²) in [5.41, 5.74) is 5.98. The molecule has 174 valence electrons. The Kier molecular flexibility index (Phi) is 7.55. The highest BCUT2D eigenvalue weighted by Gasteiger charge is 2.21. The number of sulfonamides is 1. The number of hydrazone groups is 1. The van der Waals surface area contributed by atoms with Gasteiger partial charge in [0.15, 0.2) is 5.15 Å². The number of aromatic nitrogens is 2. The van der Waals surface area contributed by atoms with Gasteiger partial charge in [-0.05, 0) is 42.7 Å². The zero-order chi connectivity index (χ0) is 24.2. The van der Waals surface area contributed by atoms with Gasteiger partial charge >= 0.3 is 0 Å². The number of carbonyl (C=O) groups excluding carboxylic acids is 1. The Labute approximate surface area is 198 Å². The lowest BCUT2D eigenvalue weighted by Gasteiger charge is -2.21. The third kappa shape index (κ3) is 6.00. The number of hydrogen-bond donors (Lipinski definition) is 1. The molecule has 0 atom stereocenters. The summed E-state index contributed by atoms with van der Waals surface area (Å²) >= 11 is 6.25. The van der Waals surface area contributed by atoms with Crippen LogP contribution in [0.15, 0.2) is 59.7 Å². The normalized spacial score (nSPS) is 11.8. The van der Waals surface area contributed by atoms with Gasteiger partial charge in [-0.2, -0.15) is 10.2 Å². The number of para-hydroxylation sites is 1. The standard InChI is InChI=1S/C23H26ClN5O3S/c1-16(2)18-10-12-19(13-11-18)28(33(4,31)32)15-22(30)26-25-14-21-17(3)29(27-23(21)24)20-8-6-5-7-9-20/h5-14,16H,15H2,1-4H3,(H,26,30)/b25-14-. The predicted octanol–water partition coefficient (Wildman–Crippen LogP) is 3.87. The fraction of sp³-hybridized carbons (Fsp3) is 0.261. The molecule has 1 aromatic heterocycles. The maximum Gasteiger partial charge on any atom is 0.260 e. The Bertz CT molecular complexity index is 1250. The summed E-state index contributed by atoms with van der Waals surface area (Å²) in [7, 11) is -3.68. The maximum absolute atomic E-state index is 12.5. The van der Waals surface area contributed by atoms with Crippen molar-refractivity contribution in [2.75, 3.05) is 17.1 Å². The maximum atomic E-state index is 12.5. The van der Waals surface area contributed by atoms with E-state index in [2.05, 4.69) is 15.6 Å². The average molecular weight is 488 g/mol. The molecule has 0 saturated carbocycles. The minimum Gasteiger partial charge on any atom is -0.271 e. The summed E-state index contributed by atoms with van der Waals surface area (Å²) < 4.78 is 27.3. The molecule has 1 heterocycles. The van der Waals surface area contributed by atoms with Gasteiger partial charge in [-0.15, -0.1) is 0 Å². The third-order valence-corrected chi connectivity index (χ3v) is 6.46. The Morgan fingerprint density at radius 3 is 2.39 bits per heavy atom. The highest BCUT2D eigenvalue weighted by Crippen LogP contribution is 2.22. The van der Waals surface area contributed by atoms with Crippen molar-refractivity contribution >= 4 is 39.4 Å². The molecule has 33 heavy (non-hydrogen) atoms. The summed E-state index contributed by atoms with van der Waals surface area (Å²) in [6.45, 7) is 5.52. The first-order chi connectivity index (χ1) is 15.6. The fourth-order valence-electron chi connectivity index (χ4n) is 3.21. The van der Waals surface area contributed by atoms with E-state index in [1.165, 1.54) is 6.21 Å². The Hall–Kier alpha value is -3.17. The third-order valence-electron chi connectivity index (χ3n) is 5.04. The number of anilines is 1. The zero-order valence-corrected chi connectivity index (χ0v) is 20.4. The monoisotopic (exact) mass is 487 g/mol. The highest BCUT2D eigenvalue weighted by molar-refractivity contribution is 7.92. The molecule has 3 aromatic rings. The first kappa shape index (κ1) is 24.5. The van der Waals surface area contributed by atoms with Gasteiger partial charge in [-0.25, -0.2) is 18.5 Å². The SMILES string of the molecule is Cc1c(/C=N\NC(=O)CN(c2ccc(C(C)C)cc2)S(C)(=O)=O)c(Cl)nn1-c1ccccc1. The van der Waals surface area contributed by atoms with Crippen LogP contribution in [0.25, 0.3) is 5.69 Å². The van der Waals surface area contributed by atoms with Gasteiger partial charge in [-0.1, -0.05) is 55.8 Å². The van der Waals surface area contributed by atoms with Crippen LogP contribution in [0.5, 0.6) is 0 Å². The number of nitrogens with one attached hydrogen (secondary N) is 1. The molecule has 3 rings (SSSR count). The van der Waals surface area contributed by atoms with Crippen molar-refractivity contribution in [1.29, 1.82) is 0 Å². The van der Waals surface area contributed by atoms with E-state index in [1.807, 2.05) is 63.2 Å². The molecule has 10 heteroatoms. The van der Waals surface area contributed by atoms with Crippen molar-refractivity contribution in [2.24, 2.45) is 5.10 Å². The Morgan fingerprint density at radius 1 is 1.18 bits per heavy atom. The van der Waals surface area contributed by atoms with Crippen LogP contribution in [0.3, 0.4) is 0 Å². The first-order valence-electron chi connectivity index (χ1n) is 10.3. The van der Waals surface area contributed by atoms with E-state index in [1.54, 1.807) is 16.8 Å². The number of rotatable bonds is 8. The molecule has 2 aromatic carbocycles. The lowest BCUT2D eigenvalue weighted by Crippen LogP contribution is -2.39. The number of nitrogens with zero attached hydrogens (tertiary/aromatic N) is 4. The second kappa shape index (κ2) is 10.2. The zero-order valence-electron chi connectivity index (χ0n) is 18.9. The van der Waals surface area contributed by atoms with E-state index in [0.717, 1.165) is 27.5 Å². The minimum atomic E-state index is -3.68. The Balaban J connectivity index is 1.72. The molecule has 0 saturated heterocycles. The molecule has 0 aliphatic heterocycles. The van der Waals surface area contributed by atoms with Crippen LogP contribution in [0.1, 0.15) is 36.6 Å². The molecule has 0 bridgehead atoms. The van der Waals surface area contributed by atoms with Crippen LogP contribution in [-0.4, -0.2) is 43.1 Å². The molecular formula is C23H26ClN5O3S. The van der Waals surface area contributed by atoms with Crippen LogP contribution >= 0.6 is 11.6 Å². The predicted molar refractivity (Wildman–Crippen MR) is 132 cm³/mol. The van der Waals surface area contributed by atoms with E-state index in [0.29, 0.717) is 17.2 Å². The number of halogens is 1. The smallest absolute Gasteiger partial charge is 0.260 e. The number of carbonyl (C=O) groups is 1. The first-order valence-corrected chi connectivity index (χ1v) is 12.5. The quantitative estimate of drug-likeness (QED) is 0.385. The number of amides is 1. The number of benzene rings is 2. The number of hydrogen-bond acceptors (Lipinski definition) is 5. The second-order valence-electron chi connectivity index (χ2n) is 7.85. The summed E-state index contributed by atoms with van der Waals surface area (Å²) in [4.78, 5) is 12.5. The molecule has 0 fully saturated rings. The van der Waals surface area contributed by atoms with Crippen molar-refractivity contribution in [3.63, 3.8) is 0 Å². The van der Waals surface area contributed by atoms with E-state index in [9.17, 15) is 13.2 Å². The minimum absolute atomic E-state index is 0.234. The second-order valence-corrected chi connectivity index (χ2v) is 10.1. The summed E-state index contributed by atoms with van der Waals surface area (Å²) in [5, 5.41) is 8.49. The van der Waals surface area contributed by atoms with E-state index in [-0.39, 0.29) is 5.15 Å². The van der Waals surface area contributed by atoms with Crippen molar-refractivity contribution in [1.82, 2.24) is 15.2 Å². The van der Waals surface area contributed by atoms with Gasteiger partial charge in [0.05, 0.1) is 35.1 Å². The summed E-state index contributed by atoms with van der Waals surface area (Å²) in [6.07, 6.45) is 2.45. The molecule has 0 unspecified atom stereocenters. The topological polar surface area (TPSA) is 96.7 Å². The van der Waals surface area contributed by atoms with Crippen LogP contribution in [0.2, 0.25) is 5.15 Å². The molecule has 0 aliphatic carbocycles. The average Bonchev–Trinajstić information content (AvgIpc) is 3.05. The molecule has 1 amide bonds. The van der Waals surface area contributed by atoms with Gasteiger partial charge in [0, 0.05) is 0 Å². The van der Waals surface area contributed by atoms with Gasteiger partial charge < -0.3 is 0 Å². The molecular weight excluding hydrogens is 462 g/mol. The summed E-state index contributed by atoms with van der Waals surface area (Å²) in [5.74, 6) is -0.279. The molecule has 0 aliphatic rings. The largest absolute Gasteiger partial charge is 0.271 e. The van der Waals surface area contributed by atoms with Crippen LogP contribution < -0.4 is 9.73 Å².